The molecule has 1 N–H and O–H groups in total. The molecule has 110 valence electrons. The highest BCUT2D eigenvalue weighted by molar-refractivity contribution is 9.10. The minimum absolute atomic E-state index is 0.357. The molecule has 3 heteroatoms. The highest BCUT2D eigenvalue weighted by Gasteiger charge is 2.18. The summed E-state index contributed by atoms with van der Waals surface area (Å²) in [4.78, 5) is 0. The summed E-state index contributed by atoms with van der Waals surface area (Å²) in [7, 11) is 0. The number of aryl methyl sites for hydroxylation is 1. The second kappa shape index (κ2) is 7.06. The van der Waals surface area contributed by atoms with Crippen LogP contribution in [0.25, 0.3) is 10.1 Å². The molecule has 20 heavy (non-hydrogen) atoms. The van der Waals surface area contributed by atoms with Gasteiger partial charge in [0.05, 0.1) is 0 Å². The van der Waals surface area contributed by atoms with Crippen LogP contribution in [0.1, 0.15) is 39.2 Å². The van der Waals surface area contributed by atoms with E-state index >= 15 is 0 Å². The number of hydrogen-bond acceptors (Lipinski definition) is 2. The molecule has 2 aromatic rings. The normalized spacial score (nSPS) is 12.2. The van der Waals surface area contributed by atoms with E-state index in [2.05, 4.69) is 65.6 Å². The third-order valence-corrected chi connectivity index (χ3v) is 5.73. The first-order valence-electron chi connectivity index (χ1n) is 7.39. The Bertz CT molecular complexity index is 559. The number of hydrogen-bond donors (Lipinski definition) is 1. The number of nitrogens with one attached hydrogen (secondary N) is 1. The van der Waals surface area contributed by atoms with E-state index in [9.17, 15) is 0 Å². The maximum Gasteiger partial charge on any atom is 0.0487 e. The zero-order chi connectivity index (χ0) is 14.6. The van der Waals surface area contributed by atoms with Crippen molar-refractivity contribution < 1.29 is 0 Å². The molecule has 0 radical (unpaired) electrons. The van der Waals surface area contributed by atoms with Gasteiger partial charge in [0.1, 0.15) is 0 Å². The van der Waals surface area contributed by atoms with Crippen molar-refractivity contribution in [2.75, 3.05) is 13.1 Å². The lowest BCUT2D eigenvalue weighted by Gasteiger charge is -2.25. The van der Waals surface area contributed by atoms with Gasteiger partial charge in [0.2, 0.25) is 0 Å². The van der Waals surface area contributed by atoms with Crippen molar-refractivity contribution in [2.24, 2.45) is 5.41 Å². The topological polar surface area (TPSA) is 12.0 Å². The largest absolute Gasteiger partial charge is 0.316 e. The van der Waals surface area contributed by atoms with E-state index in [1.54, 1.807) is 0 Å². The van der Waals surface area contributed by atoms with Crippen molar-refractivity contribution in [1.29, 1.82) is 0 Å². The zero-order valence-electron chi connectivity index (χ0n) is 12.6. The summed E-state index contributed by atoms with van der Waals surface area (Å²) in [5, 5.41) is 7.29. The fourth-order valence-corrected chi connectivity index (χ4v) is 4.09. The molecule has 0 amide bonds. The van der Waals surface area contributed by atoms with Crippen LogP contribution in [0.3, 0.4) is 0 Å². The highest BCUT2D eigenvalue weighted by atomic mass is 79.9. The fourth-order valence-electron chi connectivity index (χ4n) is 2.43. The first-order chi connectivity index (χ1) is 9.53. The van der Waals surface area contributed by atoms with Gasteiger partial charge in [-0.05, 0) is 69.5 Å². The molecule has 0 atom stereocenters. The minimum atomic E-state index is 0.357. The van der Waals surface area contributed by atoms with Gasteiger partial charge in [-0.25, -0.2) is 0 Å². The van der Waals surface area contributed by atoms with E-state index < -0.39 is 0 Å². The smallest absolute Gasteiger partial charge is 0.0487 e. The third-order valence-electron chi connectivity index (χ3n) is 3.73. The van der Waals surface area contributed by atoms with Gasteiger partial charge in [0, 0.05) is 15.7 Å². The third kappa shape index (κ3) is 4.06. The number of benzene rings is 1. The standard InChI is InChI=1S/C17H24BrNS/c1-4-10-19-12-17(2,3)9-8-13-11-20-16-14(13)6-5-7-15(16)18/h5-7,11,19H,4,8-10,12H2,1-3H3. The van der Waals surface area contributed by atoms with E-state index in [0.717, 1.165) is 19.5 Å². The Hall–Kier alpha value is -0.380. The second-order valence-corrected chi connectivity index (χ2v) is 7.95. The van der Waals surface area contributed by atoms with Crippen LogP contribution in [0.4, 0.5) is 0 Å². The van der Waals surface area contributed by atoms with Crippen LogP contribution in [0.5, 0.6) is 0 Å². The Balaban J connectivity index is 2.00. The molecule has 0 aliphatic rings. The maximum absolute atomic E-state index is 3.64. The summed E-state index contributed by atoms with van der Waals surface area (Å²) in [5.74, 6) is 0. The van der Waals surface area contributed by atoms with Gasteiger partial charge in [-0.3, -0.25) is 0 Å². The van der Waals surface area contributed by atoms with Crippen molar-refractivity contribution in [3.8, 4) is 0 Å². The summed E-state index contributed by atoms with van der Waals surface area (Å²) >= 11 is 5.49. The first-order valence-corrected chi connectivity index (χ1v) is 9.06. The Labute approximate surface area is 134 Å². The molecule has 0 aliphatic carbocycles. The average Bonchev–Trinajstić information content (AvgIpc) is 2.81. The molecule has 1 heterocycles. The molecule has 0 saturated carbocycles. The summed E-state index contributed by atoms with van der Waals surface area (Å²) in [6.07, 6.45) is 3.60. The van der Waals surface area contributed by atoms with Crippen LogP contribution in [0.2, 0.25) is 0 Å². The van der Waals surface area contributed by atoms with Gasteiger partial charge in [0.25, 0.3) is 0 Å². The molecule has 0 saturated heterocycles. The molecule has 0 unspecified atom stereocenters. The van der Waals surface area contributed by atoms with Crippen molar-refractivity contribution in [2.45, 2.75) is 40.0 Å². The Kier molecular flexibility index (Phi) is 5.65. The van der Waals surface area contributed by atoms with E-state index in [-0.39, 0.29) is 0 Å². The Morgan fingerprint density at radius 2 is 2.10 bits per heavy atom. The molecule has 0 aliphatic heterocycles. The monoisotopic (exact) mass is 353 g/mol. The lowest BCUT2D eigenvalue weighted by Crippen LogP contribution is -2.30. The molecule has 0 spiro atoms. The van der Waals surface area contributed by atoms with Gasteiger partial charge in [0.15, 0.2) is 0 Å². The zero-order valence-corrected chi connectivity index (χ0v) is 15.0. The summed E-state index contributed by atoms with van der Waals surface area (Å²) in [6.45, 7) is 9.17. The SMILES string of the molecule is CCCNCC(C)(C)CCc1csc2c(Br)cccc12. The van der Waals surface area contributed by atoms with Crippen molar-refractivity contribution in [3.05, 3.63) is 33.6 Å². The Morgan fingerprint density at radius 3 is 2.85 bits per heavy atom. The predicted octanol–water partition coefficient (Wildman–Crippen LogP) is 5.62. The van der Waals surface area contributed by atoms with Gasteiger partial charge in [-0.15, -0.1) is 11.3 Å². The number of halogens is 1. The quantitative estimate of drug-likeness (QED) is 0.636. The van der Waals surface area contributed by atoms with Crippen molar-refractivity contribution >= 4 is 37.4 Å². The summed E-state index contributed by atoms with van der Waals surface area (Å²) < 4.78 is 2.60. The average molecular weight is 354 g/mol. The minimum Gasteiger partial charge on any atom is -0.316 e. The maximum atomic E-state index is 3.64. The van der Waals surface area contributed by atoms with Gasteiger partial charge < -0.3 is 5.32 Å². The van der Waals surface area contributed by atoms with Crippen LogP contribution in [0.15, 0.2) is 28.1 Å². The predicted molar refractivity (Wildman–Crippen MR) is 94.8 cm³/mol. The van der Waals surface area contributed by atoms with Crippen molar-refractivity contribution in [3.63, 3.8) is 0 Å². The van der Waals surface area contributed by atoms with Crippen LogP contribution in [-0.2, 0) is 6.42 Å². The van der Waals surface area contributed by atoms with E-state index in [1.165, 1.54) is 33.0 Å². The molecular weight excluding hydrogens is 330 g/mol. The van der Waals surface area contributed by atoms with Crippen LogP contribution >= 0.6 is 27.3 Å². The molecule has 1 aromatic carbocycles. The van der Waals surface area contributed by atoms with Gasteiger partial charge in [-0.1, -0.05) is 32.9 Å². The molecule has 1 aromatic heterocycles. The molecule has 1 nitrogen and oxygen atoms in total. The Morgan fingerprint density at radius 1 is 1.30 bits per heavy atom. The lowest BCUT2D eigenvalue weighted by atomic mass is 9.86. The number of thiophene rings is 1. The van der Waals surface area contributed by atoms with E-state index in [4.69, 9.17) is 0 Å². The van der Waals surface area contributed by atoms with Gasteiger partial charge in [-0.2, -0.15) is 0 Å². The van der Waals surface area contributed by atoms with E-state index in [1.807, 2.05) is 11.3 Å². The summed E-state index contributed by atoms with van der Waals surface area (Å²) in [6, 6.07) is 6.51. The van der Waals surface area contributed by atoms with Crippen LogP contribution in [0, 0.1) is 5.41 Å². The van der Waals surface area contributed by atoms with Crippen LogP contribution in [-0.4, -0.2) is 13.1 Å². The molecule has 2 rings (SSSR count). The molecule has 0 bridgehead atoms. The number of rotatable bonds is 7. The number of fused-ring (bicyclic) bond motifs is 1. The second-order valence-electron chi connectivity index (χ2n) is 6.22. The summed E-state index contributed by atoms with van der Waals surface area (Å²) in [5.41, 5.74) is 1.85. The molecular formula is C17H24BrNS. The highest BCUT2D eigenvalue weighted by Crippen LogP contribution is 2.34. The molecule has 0 fully saturated rings. The fraction of sp³-hybridized carbons (Fsp3) is 0.529. The first kappa shape index (κ1) is 16.0. The van der Waals surface area contributed by atoms with E-state index in [0.29, 0.717) is 5.41 Å². The van der Waals surface area contributed by atoms with Crippen LogP contribution < -0.4 is 5.32 Å². The van der Waals surface area contributed by atoms with Crippen molar-refractivity contribution in [1.82, 2.24) is 5.32 Å². The van der Waals surface area contributed by atoms with Gasteiger partial charge >= 0.3 is 0 Å². The lowest BCUT2D eigenvalue weighted by molar-refractivity contribution is 0.316.